The van der Waals surface area contributed by atoms with Gasteiger partial charge in [-0.15, -0.1) is 5.10 Å². The first kappa shape index (κ1) is 28.9. The number of fused-ring (bicyclic) bond motifs is 4. The lowest BCUT2D eigenvalue weighted by molar-refractivity contribution is -0.129. The molecule has 2 bridgehead atoms. The summed E-state index contributed by atoms with van der Waals surface area (Å²) in [6.45, 7) is -0.756. The van der Waals surface area contributed by atoms with Gasteiger partial charge in [-0.05, 0) is 55.2 Å². The van der Waals surface area contributed by atoms with Crippen LogP contribution in [0.5, 0.6) is 0 Å². The molecule has 0 aliphatic carbocycles. The Bertz CT molecular complexity index is 1740. The highest BCUT2D eigenvalue weighted by Crippen LogP contribution is 2.38. The van der Waals surface area contributed by atoms with Crippen molar-refractivity contribution in [3.8, 4) is 16.9 Å². The van der Waals surface area contributed by atoms with E-state index in [0.29, 0.717) is 58.9 Å². The van der Waals surface area contributed by atoms with Crippen LogP contribution in [0.2, 0.25) is 10.2 Å². The summed E-state index contributed by atoms with van der Waals surface area (Å²) in [6.07, 6.45) is 8.13. The first-order valence-electron chi connectivity index (χ1n) is 13.7. The lowest BCUT2D eigenvalue weighted by atomic mass is 9.93. The van der Waals surface area contributed by atoms with Gasteiger partial charge in [-0.25, -0.2) is 9.36 Å². The Balaban J connectivity index is 1.38. The van der Waals surface area contributed by atoms with Gasteiger partial charge in [0.25, 0.3) is 0 Å². The zero-order chi connectivity index (χ0) is 30.2. The Labute approximate surface area is 255 Å². The zero-order valence-electron chi connectivity index (χ0n) is 22.9. The molecule has 6 rings (SSSR count). The molecule has 0 saturated heterocycles. The Morgan fingerprint density at radius 3 is 2.70 bits per heavy atom. The third kappa shape index (κ3) is 5.76. The smallest absolute Gasteiger partial charge is 0.330 e. The van der Waals surface area contributed by atoms with Crippen molar-refractivity contribution in [1.29, 1.82) is 0 Å². The van der Waals surface area contributed by atoms with E-state index in [1.807, 2.05) is 0 Å². The molecule has 4 aromatic rings. The topological polar surface area (TPSA) is 111 Å². The van der Waals surface area contributed by atoms with E-state index in [1.165, 1.54) is 17.1 Å². The number of carbonyl (C=O) groups is 2. The van der Waals surface area contributed by atoms with Crippen LogP contribution in [-0.2, 0) is 9.59 Å². The second-order valence-electron chi connectivity index (χ2n) is 10.5. The number of carbonyl (C=O) groups excluding carboxylic acids is 2. The van der Waals surface area contributed by atoms with Crippen LogP contribution >= 0.6 is 23.2 Å². The van der Waals surface area contributed by atoms with Crippen molar-refractivity contribution in [2.45, 2.75) is 45.2 Å². The summed E-state index contributed by atoms with van der Waals surface area (Å²) in [5.74, 6) is -0.893. The molecule has 43 heavy (non-hydrogen) atoms. The average Bonchev–Trinajstić information content (AvgIpc) is 3.61. The Morgan fingerprint density at radius 2 is 1.95 bits per heavy atom. The molecule has 0 spiro atoms. The molecule has 5 heterocycles. The number of rotatable bonds is 4. The van der Waals surface area contributed by atoms with Crippen molar-refractivity contribution in [2.24, 2.45) is 5.92 Å². The number of hydrogen-bond acceptors (Lipinski definition) is 6. The van der Waals surface area contributed by atoms with Crippen LogP contribution in [0.3, 0.4) is 0 Å². The van der Waals surface area contributed by atoms with Crippen molar-refractivity contribution in [3.63, 3.8) is 0 Å². The number of benzene rings is 1. The molecule has 0 saturated carbocycles. The molecule has 2 aliphatic rings. The molecule has 222 valence electrons. The molecule has 2 aliphatic heterocycles. The maximum atomic E-state index is 13.9. The van der Waals surface area contributed by atoms with E-state index in [0.717, 1.165) is 11.1 Å². The molecule has 3 aromatic heterocycles. The van der Waals surface area contributed by atoms with Crippen molar-refractivity contribution >= 4 is 46.3 Å². The van der Waals surface area contributed by atoms with E-state index < -0.39 is 12.6 Å². The summed E-state index contributed by atoms with van der Waals surface area (Å²) in [7, 11) is 0. The van der Waals surface area contributed by atoms with Gasteiger partial charge in [0, 0.05) is 40.9 Å². The van der Waals surface area contributed by atoms with Gasteiger partial charge in [0.05, 0.1) is 41.2 Å². The Kier molecular flexibility index (Phi) is 7.97. The lowest BCUT2D eigenvalue weighted by Gasteiger charge is -2.34. The number of aromatic nitrogens is 6. The molecular weight excluding hydrogens is 601 g/mol. The van der Waals surface area contributed by atoms with E-state index in [9.17, 15) is 18.4 Å². The summed E-state index contributed by atoms with van der Waals surface area (Å²) in [5.41, 5.74) is 3.43. The van der Waals surface area contributed by atoms with Gasteiger partial charge in [0.15, 0.2) is 5.15 Å². The highest BCUT2D eigenvalue weighted by Gasteiger charge is 2.31. The number of nitrogens with one attached hydrogen (secondary N) is 1. The molecule has 1 N–H and O–H groups in total. The van der Waals surface area contributed by atoms with E-state index in [1.54, 1.807) is 54.4 Å². The van der Waals surface area contributed by atoms with Crippen molar-refractivity contribution in [2.75, 3.05) is 11.9 Å². The predicted octanol–water partition coefficient (Wildman–Crippen LogP) is 6.34. The first-order chi connectivity index (χ1) is 20.7. The maximum Gasteiger partial charge on any atom is 0.333 e. The molecule has 2 amide bonds. The monoisotopic (exact) mass is 626 g/mol. The number of anilines is 1. The lowest BCUT2D eigenvalue weighted by Crippen LogP contribution is -2.38. The quantitative estimate of drug-likeness (QED) is 0.283. The summed E-state index contributed by atoms with van der Waals surface area (Å²) in [6, 6.07) is 8.13. The summed E-state index contributed by atoms with van der Waals surface area (Å²) < 4.78 is 30.0. The van der Waals surface area contributed by atoms with E-state index in [4.69, 9.17) is 23.2 Å². The molecule has 10 nitrogen and oxygen atoms in total. The summed E-state index contributed by atoms with van der Waals surface area (Å²) in [5, 5.41) is 15.2. The first-order valence-corrected chi connectivity index (χ1v) is 14.5. The second-order valence-corrected chi connectivity index (χ2v) is 11.4. The standard InChI is InChI=1S/C29H26Cl2F2N8O2/c1-16-3-2-4-24(21-11-18(7-9-34-21)27-22(36-28(16)43)14-35-41(27)29(32)33)39-10-8-17(12-26(39)42)20-13-19(30)5-6-23(20)40-15-25(31)37-38-40/h5-7,9,11-16,24,29H,2-4,8,10H2,1H3,(H,36,43)/t16-,24+/m1/s1. The minimum absolute atomic E-state index is 0.0763. The van der Waals surface area contributed by atoms with E-state index >= 15 is 0 Å². The fourth-order valence-corrected chi connectivity index (χ4v) is 5.94. The summed E-state index contributed by atoms with van der Waals surface area (Å²) in [4.78, 5) is 33.0. The fourth-order valence-electron chi connectivity index (χ4n) is 5.64. The normalized spacial score (nSPS) is 19.4. The van der Waals surface area contributed by atoms with Crippen molar-refractivity contribution < 1.29 is 18.4 Å². The van der Waals surface area contributed by atoms with Gasteiger partial charge in [-0.1, -0.05) is 41.8 Å². The van der Waals surface area contributed by atoms with Crippen LogP contribution in [0.15, 0.2) is 55.0 Å². The number of amides is 2. The fraction of sp³-hybridized carbons (Fsp3) is 0.310. The average molecular weight is 627 g/mol. The Hall–Kier alpha value is -4.16. The van der Waals surface area contributed by atoms with Gasteiger partial charge in [-0.2, -0.15) is 13.9 Å². The van der Waals surface area contributed by atoms with Gasteiger partial charge in [0.1, 0.15) is 0 Å². The number of halogens is 4. The van der Waals surface area contributed by atoms with Crippen LogP contribution in [0.1, 0.15) is 56.5 Å². The number of pyridine rings is 1. The highest BCUT2D eigenvalue weighted by molar-refractivity contribution is 6.31. The SMILES string of the molecule is C[C@@H]1CCC[C@H](N2CCC(c3cc(Cl)ccc3-n3cc(Cl)nn3)=CC2=O)c2cc(ccn2)-c2c(cnn2C(F)F)NC1=O. The molecule has 14 heteroatoms. The van der Waals surface area contributed by atoms with Gasteiger partial charge in [0.2, 0.25) is 11.8 Å². The third-order valence-corrected chi connectivity index (χ3v) is 8.20. The Morgan fingerprint density at radius 1 is 1.12 bits per heavy atom. The summed E-state index contributed by atoms with van der Waals surface area (Å²) >= 11 is 12.3. The molecule has 2 atom stereocenters. The number of alkyl halides is 2. The van der Waals surface area contributed by atoms with Crippen LogP contribution in [0.4, 0.5) is 14.5 Å². The number of nitrogens with zero attached hydrogens (tertiary/aromatic N) is 7. The molecular formula is C29H26Cl2F2N8O2. The van der Waals surface area contributed by atoms with Crippen molar-refractivity contribution in [3.05, 3.63) is 76.4 Å². The van der Waals surface area contributed by atoms with E-state index in [2.05, 4.69) is 25.7 Å². The minimum atomic E-state index is -2.92. The van der Waals surface area contributed by atoms with Gasteiger partial charge >= 0.3 is 6.55 Å². The molecule has 0 fully saturated rings. The molecule has 0 radical (unpaired) electrons. The van der Waals surface area contributed by atoms with Crippen molar-refractivity contribution in [1.82, 2.24) is 34.7 Å². The maximum absolute atomic E-state index is 13.9. The van der Waals surface area contributed by atoms with Gasteiger partial charge < -0.3 is 10.2 Å². The minimum Gasteiger partial charge on any atom is -0.330 e. The van der Waals surface area contributed by atoms with E-state index in [-0.39, 0.29) is 34.3 Å². The number of hydrogen-bond donors (Lipinski definition) is 1. The third-order valence-electron chi connectivity index (χ3n) is 7.79. The van der Waals surface area contributed by atoms with Crippen LogP contribution in [-0.4, -0.2) is 53.0 Å². The predicted molar refractivity (Wildman–Crippen MR) is 157 cm³/mol. The van der Waals surface area contributed by atoms with Crippen LogP contribution < -0.4 is 5.32 Å². The molecule has 0 unspecified atom stereocenters. The highest BCUT2D eigenvalue weighted by atomic mass is 35.5. The zero-order valence-corrected chi connectivity index (χ0v) is 24.4. The molecule has 1 aromatic carbocycles. The second kappa shape index (κ2) is 11.8. The van der Waals surface area contributed by atoms with Crippen LogP contribution in [0.25, 0.3) is 22.5 Å². The largest absolute Gasteiger partial charge is 0.333 e. The van der Waals surface area contributed by atoms with Gasteiger partial charge in [-0.3, -0.25) is 14.6 Å². The van der Waals surface area contributed by atoms with Crippen LogP contribution in [0, 0.1) is 5.92 Å².